The van der Waals surface area contributed by atoms with Gasteiger partial charge in [0.25, 0.3) is 0 Å². The van der Waals surface area contributed by atoms with Gasteiger partial charge in [-0.05, 0) is 49.2 Å². The summed E-state index contributed by atoms with van der Waals surface area (Å²) in [6.45, 7) is 3.95. The first-order chi connectivity index (χ1) is 11.2. The molecule has 5 nitrogen and oxygen atoms in total. The van der Waals surface area contributed by atoms with Crippen LogP contribution in [0.4, 0.5) is 5.82 Å². The summed E-state index contributed by atoms with van der Waals surface area (Å²) in [6, 6.07) is 13.4. The molecule has 0 bridgehead atoms. The Hall–Kier alpha value is -2.40. The molecule has 1 aromatic heterocycles. The molecule has 1 saturated heterocycles. The Morgan fingerprint density at radius 1 is 1.09 bits per heavy atom. The minimum Gasteiger partial charge on any atom is -0.477 e. The zero-order chi connectivity index (χ0) is 16.1. The van der Waals surface area contributed by atoms with Crippen molar-refractivity contribution in [1.29, 1.82) is 0 Å². The van der Waals surface area contributed by atoms with E-state index in [9.17, 15) is 4.79 Å². The molecule has 0 spiro atoms. The van der Waals surface area contributed by atoms with Gasteiger partial charge in [-0.3, -0.25) is 4.90 Å². The van der Waals surface area contributed by atoms with Gasteiger partial charge < -0.3 is 10.4 Å². The summed E-state index contributed by atoms with van der Waals surface area (Å²) in [5.74, 6) is -0.427. The van der Waals surface area contributed by atoms with Gasteiger partial charge in [0.1, 0.15) is 5.82 Å². The third kappa shape index (κ3) is 4.07. The average Bonchev–Trinajstić information content (AvgIpc) is 3.07. The topological polar surface area (TPSA) is 65.5 Å². The Labute approximate surface area is 136 Å². The molecule has 3 rings (SSSR count). The van der Waals surface area contributed by atoms with Crippen molar-refractivity contribution < 1.29 is 9.90 Å². The smallest absolute Gasteiger partial charge is 0.354 e. The zero-order valence-corrected chi connectivity index (χ0v) is 13.0. The number of benzene rings is 1. The van der Waals surface area contributed by atoms with Crippen molar-refractivity contribution in [3.8, 4) is 0 Å². The van der Waals surface area contributed by atoms with Crippen LogP contribution in [0.5, 0.6) is 0 Å². The maximum atomic E-state index is 11.0. The molecule has 2 heterocycles. The van der Waals surface area contributed by atoms with Crippen molar-refractivity contribution >= 4 is 11.8 Å². The quantitative estimate of drug-likeness (QED) is 0.858. The van der Waals surface area contributed by atoms with E-state index in [-0.39, 0.29) is 5.69 Å². The van der Waals surface area contributed by atoms with Crippen LogP contribution in [-0.2, 0) is 13.1 Å². The second-order valence-electron chi connectivity index (χ2n) is 5.82. The molecule has 1 aliphatic rings. The standard InChI is InChI=1S/C18H21N3O2/c22-18(23)16-8-5-9-17(20-16)19-12-14-6-1-2-7-15(14)13-21-10-3-4-11-21/h1-2,5-9H,3-4,10-13H2,(H,19,20)(H,22,23). The zero-order valence-electron chi connectivity index (χ0n) is 13.0. The van der Waals surface area contributed by atoms with Crippen LogP contribution >= 0.6 is 0 Å². The summed E-state index contributed by atoms with van der Waals surface area (Å²) in [6.07, 6.45) is 2.57. The van der Waals surface area contributed by atoms with Crippen LogP contribution in [0.3, 0.4) is 0 Å². The number of aromatic nitrogens is 1. The first kappa shape index (κ1) is 15.5. The van der Waals surface area contributed by atoms with E-state index in [1.807, 2.05) is 6.07 Å². The van der Waals surface area contributed by atoms with Gasteiger partial charge in [-0.25, -0.2) is 9.78 Å². The number of carbonyl (C=O) groups is 1. The van der Waals surface area contributed by atoms with Gasteiger partial charge in [-0.15, -0.1) is 0 Å². The predicted molar refractivity (Wildman–Crippen MR) is 89.5 cm³/mol. The number of pyridine rings is 1. The number of rotatable bonds is 6. The molecule has 23 heavy (non-hydrogen) atoms. The summed E-state index contributed by atoms with van der Waals surface area (Å²) in [4.78, 5) is 17.6. The van der Waals surface area contributed by atoms with E-state index in [2.05, 4.69) is 33.4 Å². The third-order valence-corrected chi connectivity index (χ3v) is 4.14. The number of likely N-dealkylation sites (tertiary alicyclic amines) is 1. The predicted octanol–water partition coefficient (Wildman–Crippen LogP) is 2.99. The third-order valence-electron chi connectivity index (χ3n) is 4.14. The molecule has 0 atom stereocenters. The molecule has 0 unspecified atom stereocenters. The highest BCUT2D eigenvalue weighted by atomic mass is 16.4. The van der Waals surface area contributed by atoms with E-state index < -0.39 is 5.97 Å². The number of hydrogen-bond donors (Lipinski definition) is 2. The maximum absolute atomic E-state index is 11.0. The molecule has 2 N–H and O–H groups in total. The van der Waals surface area contributed by atoms with Crippen molar-refractivity contribution in [3.63, 3.8) is 0 Å². The van der Waals surface area contributed by atoms with Crippen LogP contribution in [0.1, 0.15) is 34.5 Å². The first-order valence-corrected chi connectivity index (χ1v) is 7.96. The van der Waals surface area contributed by atoms with Gasteiger partial charge in [-0.2, -0.15) is 0 Å². The normalized spacial score (nSPS) is 14.8. The van der Waals surface area contributed by atoms with Crippen molar-refractivity contribution in [1.82, 2.24) is 9.88 Å². The largest absolute Gasteiger partial charge is 0.477 e. The molecule has 2 aromatic rings. The van der Waals surface area contributed by atoms with Crippen molar-refractivity contribution in [2.45, 2.75) is 25.9 Å². The number of nitrogens with zero attached hydrogens (tertiary/aromatic N) is 2. The lowest BCUT2D eigenvalue weighted by Gasteiger charge is -2.18. The van der Waals surface area contributed by atoms with Gasteiger partial charge in [0.2, 0.25) is 0 Å². The van der Waals surface area contributed by atoms with Crippen LogP contribution in [0.25, 0.3) is 0 Å². The molecule has 5 heteroatoms. The Morgan fingerprint density at radius 3 is 2.57 bits per heavy atom. The number of carboxylic acid groups (broad SMARTS) is 1. The molecule has 0 radical (unpaired) electrons. The molecule has 1 aromatic carbocycles. The summed E-state index contributed by atoms with van der Waals surface area (Å²) in [5, 5.41) is 12.2. The van der Waals surface area contributed by atoms with E-state index >= 15 is 0 Å². The van der Waals surface area contributed by atoms with Gasteiger partial charge in [0.05, 0.1) is 0 Å². The fourth-order valence-electron chi connectivity index (χ4n) is 2.90. The van der Waals surface area contributed by atoms with Crippen LogP contribution in [0.2, 0.25) is 0 Å². The highest BCUT2D eigenvalue weighted by Crippen LogP contribution is 2.17. The lowest BCUT2D eigenvalue weighted by Crippen LogP contribution is -2.19. The minimum atomic E-state index is -1.01. The second kappa shape index (κ2) is 7.24. The van der Waals surface area contributed by atoms with E-state index in [0.717, 1.165) is 6.54 Å². The molecule has 0 aliphatic carbocycles. The summed E-state index contributed by atoms with van der Waals surface area (Å²) in [5.41, 5.74) is 2.60. The van der Waals surface area contributed by atoms with E-state index in [1.165, 1.54) is 43.1 Å². The highest BCUT2D eigenvalue weighted by molar-refractivity contribution is 5.85. The van der Waals surface area contributed by atoms with Crippen LogP contribution < -0.4 is 5.32 Å². The Bertz CT molecular complexity index is 681. The second-order valence-corrected chi connectivity index (χ2v) is 5.82. The number of hydrogen-bond acceptors (Lipinski definition) is 4. The monoisotopic (exact) mass is 311 g/mol. The molecule has 1 fully saturated rings. The van der Waals surface area contributed by atoms with E-state index in [1.54, 1.807) is 12.1 Å². The van der Waals surface area contributed by atoms with E-state index in [0.29, 0.717) is 12.4 Å². The van der Waals surface area contributed by atoms with Gasteiger partial charge >= 0.3 is 5.97 Å². The van der Waals surface area contributed by atoms with Crippen LogP contribution in [0, 0.1) is 0 Å². The number of aromatic carboxylic acids is 1. The van der Waals surface area contributed by atoms with Gasteiger partial charge in [0.15, 0.2) is 5.69 Å². The average molecular weight is 311 g/mol. The Balaban J connectivity index is 1.68. The Kier molecular flexibility index (Phi) is 4.88. The molecule has 0 saturated carbocycles. The van der Waals surface area contributed by atoms with Crippen molar-refractivity contribution in [2.75, 3.05) is 18.4 Å². The van der Waals surface area contributed by atoms with Gasteiger partial charge in [-0.1, -0.05) is 30.3 Å². The highest BCUT2D eigenvalue weighted by Gasteiger charge is 2.13. The molecule has 0 amide bonds. The number of carboxylic acids is 1. The fraction of sp³-hybridized carbons (Fsp3) is 0.333. The Morgan fingerprint density at radius 2 is 1.83 bits per heavy atom. The van der Waals surface area contributed by atoms with Crippen LogP contribution in [-0.4, -0.2) is 34.0 Å². The van der Waals surface area contributed by atoms with Gasteiger partial charge in [0, 0.05) is 13.1 Å². The lowest BCUT2D eigenvalue weighted by atomic mass is 10.1. The van der Waals surface area contributed by atoms with Crippen molar-refractivity contribution in [3.05, 3.63) is 59.3 Å². The lowest BCUT2D eigenvalue weighted by molar-refractivity contribution is 0.0690. The molecule has 120 valence electrons. The van der Waals surface area contributed by atoms with Crippen molar-refractivity contribution in [2.24, 2.45) is 0 Å². The van der Waals surface area contributed by atoms with Crippen LogP contribution in [0.15, 0.2) is 42.5 Å². The molecular weight excluding hydrogens is 290 g/mol. The fourth-order valence-corrected chi connectivity index (χ4v) is 2.90. The maximum Gasteiger partial charge on any atom is 0.354 e. The number of anilines is 1. The SMILES string of the molecule is O=C(O)c1cccc(NCc2ccccc2CN2CCCC2)n1. The molecule has 1 aliphatic heterocycles. The van der Waals surface area contributed by atoms with E-state index in [4.69, 9.17) is 5.11 Å². The number of nitrogens with one attached hydrogen (secondary N) is 1. The minimum absolute atomic E-state index is 0.0559. The summed E-state index contributed by atoms with van der Waals surface area (Å²) >= 11 is 0. The summed E-state index contributed by atoms with van der Waals surface area (Å²) in [7, 11) is 0. The summed E-state index contributed by atoms with van der Waals surface area (Å²) < 4.78 is 0. The molecular formula is C18H21N3O2. The first-order valence-electron chi connectivity index (χ1n) is 7.96.